The summed E-state index contributed by atoms with van der Waals surface area (Å²) in [6.45, 7) is 0. The Morgan fingerprint density at radius 1 is 0.288 bits per heavy atom. The smallest absolute Gasteiger partial charge is 0.135 e. The number of fused-ring (bicyclic) bond motifs is 7. The zero-order valence-corrected chi connectivity index (χ0v) is 39.9. The van der Waals surface area contributed by atoms with E-state index in [4.69, 9.17) is 4.42 Å². The molecule has 3 heteroatoms. The molecule has 14 rings (SSSR count). The molecule has 0 saturated carbocycles. The summed E-state index contributed by atoms with van der Waals surface area (Å²) in [7, 11) is 0. The third-order valence-corrected chi connectivity index (χ3v) is 14.6. The fourth-order valence-corrected chi connectivity index (χ4v) is 11.1. The highest BCUT2D eigenvalue weighted by Gasteiger charge is 2.21. The molecule has 2 heterocycles. The molecule has 0 bridgehead atoms. The maximum absolute atomic E-state index is 6.25. The first kappa shape index (κ1) is 42.2. The second-order valence-corrected chi connectivity index (χ2v) is 18.8. The number of para-hydroxylation sites is 3. The van der Waals surface area contributed by atoms with Crippen molar-refractivity contribution in [1.29, 1.82) is 0 Å². The SMILES string of the molecule is c1ccc(-c2ccc(N(c3ccc(-c4ccc(-c5cccc6ccccc56)cc4)cc3)c3ccccc3-c3cccc(-c4cccc5c4c4ccccc4n5-c4ccc5oc6ccccc6c5c4)c3)cc2)cc1. The van der Waals surface area contributed by atoms with E-state index in [0.717, 1.165) is 72.4 Å². The van der Waals surface area contributed by atoms with E-state index >= 15 is 0 Å². The lowest BCUT2D eigenvalue weighted by molar-refractivity contribution is 0.669. The first-order valence-electron chi connectivity index (χ1n) is 25.0. The van der Waals surface area contributed by atoms with Crippen molar-refractivity contribution < 1.29 is 4.42 Å². The average molecular weight is 931 g/mol. The minimum absolute atomic E-state index is 0.891. The lowest BCUT2D eigenvalue weighted by Gasteiger charge is -2.28. The van der Waals surface area contributed by atoms with Crippen LogP contribution in [0.1, 0.15) is 0 Å². The van der Waals surface area contributed by atoms with Crippen LogP contribution >= 0.6 is 0 Å². The van der Waals surface area contributed by atoms with Crippen LogP contribution in [0.5, 0.6) is 0 Å². The average Bonchev–Trinajstić information content (AvgIpc) is 4.02. The molecular formula is C70H46N2O. The van der Waals surface area contributed by atoms with Gasteiger partial charge in [-0.25, -0.2) is 0 Å². The van der Waals surface area contributed by atoms with E-state index in [1.54, 1.807) is 0 Å². The minimum Gasteiger partial charge on any atom is -0.456 e. The van der Waals surface area contributed by atoms with Gasteiger partial charge in [0.15, 0.2) is 0 Å². The zero-order valence-electron chi connectivity index (χ0n) is 39.9. The Labute approximate surface area is 423 Å². The van der Waals surface area contributed by atoms with Gasteiger partial charge in [0.2, 0.25) is 0 Å². The van der Waals surface area contributed by atoms with Gasteiger partial charge in [-0.05, 0) is 134 Å². The zero-order chi connectivity index (χ0) is 48.2. The third-order valence-electron chi connectivity index (χ3n) is 14.6. The molecule has 0 N–H and O–H groups in total. The normalized spacial score (nSPS) is 11.6. The summed E-state index contributed by atoms with van der Waals surface area (Å²) in [6, 6.07) is 101. The molecule has 0 spiro atoms. The molecule has 12 aromatic carbocycles. The first-order chi connectivity index (χ1) is 36.2. The van der Waals surface area contributed by atoms with Gasteiger partial charge >= 0.3 is 0 Å². The van der Waals surface area contributed by atoms with Crippen LogP contribution in [0.25, 0.3) is 116 Å². The molecule has 0 aliphatic carbocycles. The fraction of sp³-hybridized carbons (Fsp3) is 0. The van der Waals surface area contributed by atoms with Crippen LogP contribution in [-0.4, -0.2) is 4.57 Å². The van der Waals surface area contributed by atoms with E-state index in [-0.39, 0.29) is 0 Å². The van der Waals surface area contributed by atoms with Crippen molar-refractivity contribution in [3.63, 3.8) is 0 Å². The molecule has 342 valence electrons. The molecule has 0 saturated heterocycles. The number of benzene rings is 12. The molecule has 2 aromatic heterocycles. The molecule has 0 unspecified atom stereocenters. The Bertz CT molecular complexity index is 4350. The number of nitrogens with zero attached hydrogens (tertiary/aromatic N) is 2. The highest BCUT2D eigenvalue weighted by molar-refractivity contribution is 6.16. The fourth-order valence-electron chi connectivity index (χ4n) is 11.1. The van der Waals surface area contributed by atoms with E-state index < -0.39 is 0 Å². The second kappa shape index (κ2) is 17.6. The van der Waals surface area contributed by atoms with Gasteiger partial charge in [-0.1, -0.05) is 206 Å². The number of aromatic nitrogens is 1. The molecular weight excluding hydrogens is 885 g/mol. The quantitative estimate of drug-likeness (QED) is 0.144. The van der Waals surface area contributed by atoms with Crippen molar-refractivity contribution in [2.24, 2.45) is 0 Å². The van der Waals surface area contributed by atoms with Crippen molar-refractivity contribution in [2.45, 2.75) is 0 Å². The van der Waals surface area contributed by atoms with Crippen LogP contribution in [-0.2, 0) is 0 Å². The number of rotatable bonds is 9. The summed E-state index contributed by atoms with van der Waals surface area (Å²) >= 11 is 0. The van der Waals surface area contributed by atoms with Gasteiger partial charge in [0.25, 0.3) is 0 Å². The molecule has 14 aromatic rings. The molecule has 0 amide bonds. The number of hydrogen-bond donors (Lipinski definition) is 0. The monoisotopic (exact) mass is 930 g/mol. The Balaban J connectivity index is 0.862. The van der Waals surface area contributed by atoms with Crippen molar-refractivity contribution >= 4 is 71.6 Å². The van der Waals surface area contributed by atoms with Crippen LogP contribution in [0.15, 0.2) is 283 Å². The van der Waals surface area contributed by atoms with Gasteiger partial charge in [0.05, 0.1) is 16.7 Å². The number of anilines is 3. The summed E-state index contributed by atoms with van der Waals surface area (Å²) in [5.74, 6) is 0. The van der Waals surface area contributed by atoms with Gasteiger partial charge in [0.1, 0.15) is 11.2 Å². The van der Waals surface area contributed by atoms with E-state index in [0.29, 0.717) is 0 Å². The van der Waals surface area contributed by atoms with Gasteiger partial charge in [-0.3, -0.25) is 0 Å². The van der Waals surface area contributed by atoms with Crippen LogP contribution in [0.3, 0.4) is 0 Å². The molecule has 0 aliphatic rings. The van der Waals surface area contributed by atoms with Gasteiger partial charge in [-0.2, -0.15) is 0 Å². The predicted octanol–water partition coefficient (Wildman–Crippen LogP) is 19.6. The molecule has 0 aliphatic heterocycles. The molecule has 0 atom stereocenters. The third kappa shape index (κ3) is 7.37. The lowest BCUT2D eigenvalue weighted by atomic mass is 9.94. The predicted molar refractivity (Wildman–Crippen MR) is 307 cm³/mol. The van der Waals surface area contributed by atoms with Gasteiger partial charge in [0, 0.05) is 44.2 Å². The van der Waals surface area contributed by atoms with E-state index in [9.17, 15) is 0 Å². The maximum Gasteiger partial charge on any atom is 0.135 e. The summed E-state index contributed by atoms with van der Waals surface area (Å²) in [4.78, 5) is 2.40. The second-order valence-electron chi connectivity index (χ2n) is 18.8. The molecule has 3 nitrogen and oxygen atoms in total. The summed E-state index contributed by atoms with van der Waals surface area (Å²) in [6.07, 6.45) is 0. The van der Waals surface area contributed by atoms with Gasteiger partial charge in [-0.15, -0.1) is 0 Å². The summed E-state index contributed by atoms with van der Waals surface area (Å²) in [5.41, 5.74) is 20.3. The maximum atomic E-state index is 6.25. The van der Waals surface area contributed by atoms with E-state index in [2.05, 4.69) is 276 Å². The Morgan fingerprint density at radius 2 is 0.795 bits per heavy atom. The van der Waals surface area contributed by atoms with Crippen molar-refractivity contribution in [3.8, 4) is 61.3 Å². The number of hydrogen-bond acceptors (Lipinski definition) is 2. The first-order valence-corrected chi connectivity index (χ1v) is 25.0. The summed E-state index contributed by atoms with van der Waals surface area (Å²) < 4.78 is 8.66. The van der Waals surface area contributed by atoms with E-state index in [1.165, 1.54) is 60.5 Å². The molecule has 0 radical (unpaired) electrons. The molecule has 73 heavy (non-hydrogen) atoms. The number of furan rings is 1. The Kier molecular flexibility index (Phi) is 10.2. The van der Waals surface area contributed by atoms with Crippen LogP contribution in [0.4, 0.5) is 17.1 Å². The van der Waals surface area contributed by atoms with Crippen molar-refractivity contribution in [2.75, 3.05) is 4.90 Å². The standard InChI is InChI=1S/C70H46N2O/c1-2-15-47(16-3-1)49-35-39-55(40-36-49)71(56-41-37-50(38-42-56)48-31-33-52(34-32-48)59-25-13-18-51-17-4-5-21-58(51)59)65-27-9-6-22-60(65)53-19-12-20-54(45-53)61-26-14-29-67-70(61)63-24-7-10-28-66(63)72(67)57-43-44-69-64(46-57)62-23-8-11-30-68(62)73-69/h1-46H. The van der Waals surface area contributed by atoms with Gasteiger partial charge < -0.3 is 13.9 Å². The van der Waals surface area contributed by atoms with Crippen LogP contribution in [0, 0.1) is 0 Å². The van der Waals surface area contributed by atoms with Crippen LogP contribution in [0.2, 0.25) is 0 Å². The Hall–Kier alpha value is -9.70. The largest absolute Gasteiger partial charge is 0.456 e. The highest BCUT2D eigenvalue weighted by Crippen LogP contribution is 2.45. The van der Waals surface area contributed by atoms with Crippen molar-refractivity contribution in [3.05, 3.63) is 279 Å². The summed E-state index contributed by atoms with van der Waals surface area (Å²) in [5, 5.41) is 7.19. The van der Waals surface area contributed by atoms with Crippen molar-refractivity contribution in [1.82, 2.24) is 4.57 Å². The topological polar surface area (TPSA) is 21.3 Å². The lowest BCUT2D eigenvalue weighted by Crippen LogP contribution is -2.11. The molecule has 0 fully saturated rings. The van der Waals surface area contributed by atoms with E-state index in [1.807, 2.05) is 12.1 Å². The highest BCUT2D eigenvalue weighted by atomic mass is 16.3. The minimum atomic E-state index is 0.891. The van der Waals surface area contributed by atoms with Crippen LogP contribution < -0.4 is 4.90 Å². The Morgan fingerprint density at radius 3 is 1.58 bits per heavy atom.